The van der Waals surface area contributed by atoms with Crippen molar-refractivity contribution in [1.29, 1.82) is 0 Å². The number of alkyl halides is 1. The number of halogens is 1. The quantitative estimate of drug-likeness (QED) is 0.389. The number of benzene rings is 1. The lowest BCUT2D eigenvalue weighted by Gasteiger charge is -2.08. The van der Waals surface area contributed by atoms with Crippen molar-refractivity contribution in [2.75, 3.05) is 5.88 Å². The zero-order valence-corrected chi connectivity index (χ0v) is 10.3. The Hall–Kier alpha value is -1.55. The van der Waals surface area contributed by atoms with Gasteiger partial charge in [-0.2, -0.15) is 0 Å². The summed E-state index contributed by atoms with van der Waals surface area (Å²) >= 11 is 5.27. The van der Waals surface area contributed by atoms with E-state index >= 15 is 0 Å². The fraction of sp³-hybridized carbons (Fsp3) is 0.333. The van der Waals surface area contributed by atoms with Crippen molar-refractivity contribution in [1.82, 2.24) is 0 Å². The molecule has 0 heterocycles. The van der Waals surface area contributed by atoms with E-state index in [4.69, 9.17) is 16.3 Å². The molecule has 0 saturated carbocycles. The summed E-state index contributed by atoms with van der Waals surface area (Å²) < 4.78 is 4.80. The molecule has 92 valence electrons. The highest BCUT2D eigenvalue weighted by Gasteiger charge is 2.15. The zero-order valence-electron chi connectivity index (χ0n) is 9.57. The molecule has 1 N–H and O–H groups in total. The van der Waals surface area contributed by atoms with Crippen molar-refractivity contribution in [3.63, 3.8) is 0 Å². The number of esters is 1. The molecule has 0 aliphatic carbocycles. The molecule has 0 atom stereocenters. The standard InChI is InChI=1S/C12H13ClO4/c1-7(2)12(16)9-4-3-8(5-10(9)14)17-11(15)6-13/h3-5,7,14H,6H2,1-2H3. The van der Waals surface area contributed by atoms with Gasteiger partial charge in [0, 0.05) is 12.0 Å². The van der Waals surface area contributed by atoms with Crippen molar-refractivity contribution in [2.24, 2.45) is 5.92 Å². The van der Waals surface area contributed by atoms with Crippen LogP contribution in [0.3, 0.4) is 0 Å². The van der Waals surface area contributed by atoms with Gasteiger partial charge in [0.15, 0.2) is 5.78 Å². The van der Waals surface area contributed by atoms with Gasteiger partial charge in [-0.1, -0.05) is 13.8 Å². The SMILES string of the molecule is CC(C)C(=O)c1ccc(OC(=O)CCl)cc1O. The third-order valence-corrected chi connectivity index (χ3v) is 2.32. The summed E-state index contributed by atoms with van der Waals surface area (Å²) in [6, 6.07) is 4.09. The van der Waals surface area contributed by atoms with Crippen LogP contribution in [0.1, 0.15) is 24.2 Å². The van der Waals surface area contributed by atoms with Crippen molar-refractivity contribution >= 4 is 23.4 Å². The van der Waals surface area contributed by atoms with E-state index in [1.165, 1.54) is 18.2 Å². The summed E-state index contributed by atoms with van der Waals surface area (Å²) in [7, 11) is 0. The van der Waals surface area contributed by atoms with E-state index in [2.05, 4.69) is 0 Å². The molecule has 1 aromatic carbocycles. The molecule has 0 aromatic heterocycles. The van der Waals surface area contributed by atoms with Crippen LogP contribution in [0, 0.1) is 5.92 Å². The summed E-state index contributed by atoms with van der Waals surface area (Å²) in [5, 5.41) is 9.65. The Labute approximate surface area is 104 Å². The molecule has 0 spiro atoms. The van der Waals surface area contributed by atoms with Crippen LogP contribution in [-0.4, -0.2) is 22.7 Å². The van der Waals surface area contributed by atoms with Gasteiger partial charge >= 0.3 is 5.97 Å². The number of Topliss-reactive ketones (excluding diaryl/α,β-unsaturated/α-hetero) is 1. The van der Waals surface area contributed by atoms with Gasteiger partial charge in [0.2, 0.25) is 0 Å². The molecule has 0 aliphatic heterocycles. The molecule has 17 heavy (non-hydrogen) atoms. The largest absolute Gasteiger partial charge is 0.507 e. The van der Waals surface area contributed by atoms with Crippen LogP contribution in [0.2, 0.25) is 0 Å². The molecule has 5 heteroatoms. The first-order valence-corrected chi connectivity index (χ1v) is 5.63. The molecule has 0 radical (unpaired) electrons. The van der Waals surface area contributed by atoms with E-state index in [1.54, 1.807) is 13.8 Å². The monoisotopic (exact) mass is 256 g/mol. The zero-order chi connectivity index (χ0) is 13.0. The average molecular weight is 257 g/mol. The normalized spacial score (nSPS) is 10.4. The third kappa shape index (κ3) is 3.46. The third-order valence-electron chi connectivity index (χ3n) is 2.10. The number of phenolic OH excluding ortho intramolecular Hbond substituents is 1. The Morgan fingerprint density at radius 2 is 2.06 bits per heavy atom. The number of carbonyl (C=O) groups is 2. The number of ether oxygens (including phenoxy) is 1. The fourth-order valence-corrected chi connectivity index (χ4v) is 1.31. The van der Waals surface area contributed by atoms with Crippen molar-refractivity contribution in [2.45, 2.75) is 13.8 Å². The van der Waals surface area contributed by atoms with E-state index in [0.717, 1.165) is 0 Å². The predicted octanol–water partition coefficient (Wildman–Crippen LogP) is 2.38. The van der Waals surface area contributed by atoms with Gasteiger partial charge in [0.25, 0.3) is 0 Å². The van der Waals surface area contributed by atoms with Crippen LogP contribution < -0.4 is 4.74 Å². The maximum Gasteiger partial charge on any atom is 0.326 e. The summed E-state index contributed by atoms with van der Waals surface area (Å²) in [5.74, 6) is -1.31. The molecule has 0 amide bonds. The Morgan fingerprint density at radius 3 is 2.53 bits per heavy atom. The summed E-state index contributed by atoms with van der Waals surface area (Å²) in [5.41, 5.74) is 0.214. The molecule has 4 nitrogen and oxygen atoms in total. The van der Waals surface area contributed by atoms with Gasteiger partial charge in [-0.05, 0) is 12.1 Å². The van der Waals surface area contributed by atoms with E-state index < -0.39 is 5.97 Å². The molecule has 1 aromatic rings. The van der Waals surface area contributed by atoms with Crippen molar-refractivity contribution in [3.8, 4) is 11.5 Å². The number of hydrogen-bond acceptors (Lipinski definition) is 4. The second-order valence-electron chi connectivity index (χ2n) is 3.81. The van der Waals surface area contributed by atoms with Gasteiger partial charge in [0.1, 0.15) is 17.4 Å². The minimum absolute atomic E-state index is 0.161. The predicted molar refractivity (Wildman–Crippen MR) is 63.6 cm³/mol. The van der Waals surface area contributed by atoms with E-state index in [0.29, 0.717) is 0 Å². The van der Waals surface area contributed by atoms with Crippen LogP contribution in [-0.2, 0) is 4.79 Å². The highest BCUT2D eigenvalue weighted by molar-refractivity contribution is 6.26. The van der Waals surface area contributed by atoms with Gasteiger partial charge in [-0.15, -0.1) is 11.6 Å². The number of phenols is 1. The first-order valence-electron chi connectivity index (χ1n) is 5.09. The van der Waals surface area contributed by atoms with Crippen molar-refractivity contribution < 1.29 is 19.4 Å². The molecule has 0 unspecified atom stereocenters. The molecule has 0 saturated heterocycles. The van der Waals surface area contributed by atoms with Gasteiger partial charge in [0.05, 0.1) is 5.56 Å². The number of ketones is 1. The van der Waals surface area contributed by atoms with Crippen LogP contribution >= 0.6 is 11.6 Å². The molecular formula is C12H13ClO4. The van der Waals surface area contributed by atoms with Gasteiger partial charge < -0.3 is 9.84 Å². The second-order valence-corrected chi connectivity index (χ2v) is 4.07. The smallest absolute Gasteiger partial charge is 0.326 e. The molecule has 1 rings (SSSR count). The molecular weight excluding hydrogens is 244 g/mol. The first kappa shape index (κ1) is 13.5. The fourth-order valence-electron chi connectivity index (χ4n) is 1.25. The van der Waals surface area contributed by atoms with Crippen LogP contribution in [0.15, 0.2) is 18.2 Å². The van der Waals surface area contributed by atoms with Gasteiger partial charge in [-0.25, -0.2) is 0 Å². The van der Waals surface area contributed by atoms with E-state index in [9.17, 15) is 14.7 Å². The van der Waals surface area contributed by atoms with E-state index in [1.807, 2.05) is 0 Å². The Morgan fingerprint density at radius 1 is 1.41 bits per heavy atom. The maximum atomic E-state index is 11.7. The second kappa shape index (κ2) is 5.68. The minimum atomic E-state index is -0.617. The molecule has 0 fully saturated rings. The lowest BCUT2D eigenvalue weighted by molar-refractivity contribution is -0.131. The maximum absolute atomic E-state index is 11.7. The number of carbonyl (C=O) groups excluding carboxylic acids is 2. The highest BCUT2D eigenvalue weighted by atomic mass is 35.5. The van der Waals surface area contributed by atoms with E-state index in [-0.39, 0.29) is 34.6 Å². The summed E-state index contributed by atoms with van der Waals surface area (Å²) in [6.07, 6.45) is 0. The van der Waals surface area contributed by atoms with Gasteiger partial charge in [-0.3, -0.25) is 9.59 Å². The lowest BCUT2D eigenvalue weighted by atomic mass is 10.0. The summed E-state index contributed by atoms with van der Waals surface area (Å²) in [4.78, 5) is 22.6. The topological polar surface area (TPSA) is 63.6 Å². The lowest BCUT2D eigenvalue weighted by Crippen LogP contribution is -2.10. The number of hydrogen-bond donors (Lipinski definition) is 1. The average Bonchev–Trinajstić information content (AvgIpc) is 2.28. The van der Waals surface area contributed by atoms with Crippen LogP contribution in [0.4, 0.5) is 0 Å². The van der Waals surface area contributed by atoms with Crippen LogP contribution in [0.25, 0.3) is 0 Å². The highest BCUT2D eigenvalue weighted by Crippen LogP contribution is 2.25. The minimum Gasteiger partial charge on any atom is -0.507 e. The number of rotatable bonds is 4. The molecule has 0 bridgehead atoms. The Kier molecular flexibility index (Phi) is 4.52. The molecule has 0 aliphatic rings. The van der Waals surface area contributed by atoms with Crippen LogP contribution in [0.5, 0.6) is 11.5 Å². The first-order chi connectivity index (χ1) is 7.95. The Balaban J connectivity index is 2.94. The Bertz CT molecular complexity index is 440. The van der Waals surface area contributed by atoms with Crippen molar-refractivity contribution in [3.05, 3.63) is 23.8 Å². The number of aromatic hydroxyl groups is 1. The summed E-state index contributed by atoms with van der Waals surface area (Å²) in [6.45, 7) is 3.48.